The van der Waals surface area contributed by atoms with Gasteiger partial charge in [-0.2, -0.15) is 0 Å². The number of aliphatic hydroxyl groups excluding tert-OH is 1. The average Bonchev–Trinajstić information content (AvgIpc) is 2.40. The first-order valence-corrected chi connectivity index (χ1v) is 6.52. The van der Waals surface area contributed by atoms with Crippen molar-refractivity contribution in [3.8, 4) is 11.8 Å². The number of ether oxygens (including phenoxy) is 1. The van der Waals surface area contributed by atoms with E-state index in [9.17, 15) is 4.79 Å². The lowest BCUT2D eigenvalue weighted by Crippen LogP contribution is -2.29. The third kappa shape index (κ3) is 5.43. The number of hydrogen-bond donors (Lipinski definition) is 2. The Labute approximate surface area is 120 Å². The molecule has 0 aliphatic rings. The third-order valence-electron chi connectivity index (χ3n) is 2.80. The number of nitrogens with one attached hydrogen (secondary N) is 1. The zero-order chi connectivity index (χ0) is 15.0. The number of carbonyl (C=O) groups is 1. The van der Waals surface area contributed by atoms with Crippen LogP contribution < -0.4 is 5.32 Å². The maximum atomic E-state index is 12.0. The van der Waals surface area contributed by atoms with Crippen LogP contribution in [0.2, 0.25) is 0 Å². The third-order valence-corrected chi connectivity index (χ3v) is 2.80. The van der Waals surface area contributed by atoms with Gasteiger partial charge in [-0.15, -0.1) is 0 Å². The maximum absolute atomic E-state index is 12.0. The molecule has 0 heterocycles. The molecule has 0 aliphatic heterocycles. The van der Waals surface area contributed by atoms with Crippen LogP contribution in [0.25, 0.3) is 0 Å². The fourth-order valence-corrected chi connectivity index (χ4v) is 1.57. The van der Waals surface area contributed by atoms with Gasteiger partial charge in [0.25, 0.3) is 0 Å². The highest BCUT2D eigenvalue weighted by atomic mass is 16.5. The first-order chi connectivity index (χ1) is 9.48. The minimum atomic E-state index is -0.498. The van der Waals surface area contributed by atoms with Crippen molar-refractivity contribution in [2.24, 2.45) is 0 Å². The highest BCUT2D eigenvalue weighted by Crippen LogP contribution is 2.17. The molecule has 4 nitrogen and oxygen atoms in total. The lowest BCUT2D eigenvalue weighted by molar-refractivity contribution is -0.121. The first-order valence-electron chi connectivity index (χ1n) is 6.52. The Morgan fingerprint density at radius 1 is 1.40 bits per heavy atom. The summed E-state index contributed by atoms with van der Waals surface area (Å²) in [5.74, 6) is 5.67. The summed E-state index contributed by atoms with van der Waals surface area (Å²) < 4.78 is 5.24. The molecule has 0 aromatic heterocycles. The SMILES string of the molecule is COC(C)(C)CC(=O)Nc1ccccc1C#CCCO. The predicted octanol–water partition coefficient (Wildman–Crippen LogP) is 2.17. The molecule has 0 unspecified atom stereocenters. The Hall–Kier alpha value is -1.83. The van der Waals surface area contributed by atoms with Crippen molar-refractivity contribution in [2.45, 2.75) is 32.3 Å². The van der Waals surface area contributed by atoms with E-state index in [1.54, 1.807) is 13.2 Å². The van der Waals surface area contributed by atoms with Crippen LogP contribution in [-0.4, -0.2) is 30.3 Å². The van der Waals surface area contributed by atoms with Crippen LogP contribution in [0.15, 0.2) is 24.3 Å². The maximum Gasteiger partial charge on any atom is 0.227 e. The number of rotatable bonds is 5. The molecule has 0 radical (unpaired) electrons. The Morgan fingerprint density at radius 3 is 2.75 bits per heavy atom. The molecule has 0 fully saturated rings. The summed E-state index contributed by atoms with van der Waals surface area (Å²) in [4.78, 5) is 12.0. The van der Waals surface area contributed by atoms with Crippen LogP contribution in [0, 0.1) is 11.8 Å². The van der Waals surface area contributed by atoms with E-state index in [1.165, 1.54) is 0 Å². The largest absolute Gasteiger partial charge is 0.395 e. The van der Waals surface area contributed by atoms with Gasteiger partial charge < -0.3 is 15.2 Å². The molecule has 1 rings (SSSR count). The van der Waals surface area contributed by atoms with Crippen molar-refractivity contribution >= 4 is 11.6 Å². The number of benzene rings is 1. The molecule has 2 N–H and O–H groups in total. The van der Waals surface area contributed by atoms with E-state index in [4.69, 9.17) is 9.84 Å². The van der Waals surface area contributed by atoms with E-state index in [0.717, 1.165) is 5.56 Å². The minimum Gasteiger partial charge on any atom is -0.395 e. The molecule has 4 heteroatoms. The molecule has 1 aromatic rings. The molecule has 0 atom stereocenters. The number of anilines is 1. The normalized spacial score (nSPS) is 10.6. The van der Waals surface area contributed by atoms with Crippen molar-refractivity contribution in [1.82, 2.24) is 0 Å². The van der Waals surface area contributed by atoms with Gasteiger partial charge in [0.15, 0.2) is 0 Å². The van der Waals surface area contributed by atoms with E-state index in [0.29, 0.717) is 12.1 Å². The number of methoxy groups -OCH3 is 1. The van der Waals surface area contributed by atoms with Gasteiger partial charge in [0, 0.05) is 19.1 Å². The zero-order valence-electron chi connectivity index (χ0n) is 12.2. The van der Waals surface area contributed by atoms with Crippen LogP contribution >= 0.6 is 0 Å². The van der Waals surface area contributed by atoms with Crippen LogP contribution in [0.5, 0.6) is 0 Å². The van der Waals surface area contributed by atoms with E-state index in [2.05, 4.69) is 17.2 Å². The van der Waals surface area contributed by atoms with Gasteiger partial charge in [-0.1, -0.05) is 24.0 Å². The lowest BCUT2D eigenvalue weighted by Gasteiger charge is -2.22. The zero-order valence-corrected chi connectivity index (χ0v) is 12.2. The van der Waals surface area contributed by atoms with Gasteiger partial charge >= 0.3 is 0 Å². The standard InChI is InChI=1S/C16H21NO3/c1-16(2,20-3)12-15(19)17-14-10-5-4-8-13(14)9-6-7-11-18/h4-5,8,10,18H,7,11-12H2,1-3H3,(H,17,19). The fourth-order valence-electron chi connectivity index (χ4n) is 1.57. The molecule has 0 aliphatic carbocycles. The number of para-hydroxylation sites is 1. The van der Waals surface area contributed by atoms with E-state index >= 15 is 0 Å². The molecule has 0 bridgehead atoms. The second-order valence-corrected chi connectivity index (χ2v) is 5.01. The summed E-state index contributed by atoms with van der Waals surface area (Å²) in [7, 11) is 1.58. The second kappa shape index (κ2) is 7.68. The summed E-state index contributed by atoms with van der Waals surface area (Å²) in [5.41, 5.74) is 0.918. The first kappa shape index (κ1) is 16.2. The summed E-state index contributed by atoms with van der Waals surface area (Å²) in [6.07, 6.45) is 0.681. The van der Waals surface area contributed by atoms with Crippen molar-refractivity contribution in [1.29, 1.82) is 0 Å². The topological polar surface area (TPSA) is 58.6 Å². The molecule has 0 spiro atoms. The van der Waals surface area contributed by atoms with Crippen LogP contribution in [0.4, 0.5) is 5.69 Å². The molecule has 108 valence electrons. The average molecular weight is 275 g/mol. The van der Waals surface area contributed by atoms with Crippen LogP contribution in [0.1, 0.15) is 32.3 Å². The van der Waals surface area contributed by atoms with Gasteiger partial charge in [-0.3, -0.25) is 4.79 Å². The van der Waals surface area contributed by atoms with Gasteiger partial charge in [0.1, 0.15) is 0 Å². The highest BCUT2D eigenvalue weighted by Gasteiger charge is 2.21. The number of carbonyl (C=O) groups excluding carboxylic acids is 1. The quantitative estimate of drug-likeness (QED) is 0.810. The van der Waals surface area contributed by atoms with Gasteiger partial charge in [-0.25, -0.2) is 0 Å². The van der Waals surface area contributed by atoms with E-state index < -0.39 is 5.60 Å². The molecular formula is C16H21NO3. The summed E-state index contributed by atoms with van der Waals surface area (Å²) in [6, 6.07) is 7.34. The monoisotopic (exact) mass is 275 g/mol. The van der Waals surface area contributed by atoms with Crippen molar-refractivity contribution in [2.75, 3.05) is 19.0 Å². The number of amides is 1. The molecular weight excluding hydrogens is 254 g/mol. The molecule has 0 saturated carbocycles. The fraction of sp³-hybridized carbons (Fsp3) is 0.438. The summed E-state index contributed by atoms with van der Waals surface area (Å²) >= 11 is 0. The van der Waals surface area contributed by atoms with Crippen molar-refractivity contribution < 1.29 is 14.6 Å². The number of aliphatic hydroxyl groups is 1. The second-order valence-electron chi connectivity index (χ2n) is 5.01. The van der Waals surface area contributed by atoms with E-state index in [1.807, 2.05) is 32.0 Å². The van der Waals surface area contributed by atoms with Gasteiger partial charge in [-0.05, 0) is 26.0 Å². The van der Waals surface area contributed by atoms with E-state index in [-0.39, 0.29) is 18.9 Å². The van der Waals surface area contributed by atoms with Gasteiger partial charge in [0.2, 0.25) is 5.91 Å². The van der Waals surface area contributed by atoms with Crippen molar-refractivity contribution in [3.63, 3.8) is 0 Å². The van der Waals surface area contributed by atoms with Crippen LogP contribution in [0.3, 0.4) is 0 Å². The Balaban J connectivity index is 2.78. The van der Waals surface area contributed by atoms with Crippen LogP contribution in [-0.2, 0) is 9.53 Å². The summed E-state index contributed by atoms with van der Waals surface area (Å²) in [6.45, 7) is 3.75. The molecule has 1 aromatic carbocycles. The Bertz CT molecular complexity index is 512. The minimum absolute atomic E-state index is 0.0313. The highest BCUT2D eigenvalue weighted by molar-refractivity contribution is 5.92. The van der Waals surface area contributed by atoms with Crippen molar-refractivity contribution in [3.05, 3.63) is 29.8 Å². The molecule has 0 saturated heterocycles. The summed E-state index contributed by atoms with van der Waals surface area (Å²) in [5, 5.41) is 11.6. The molecule has 20 heavy (non-hydrogen) atoms. The number of hydrogen-bond acceptors (Lipinski definition) is 3. The lowest BCUT2D eigenvalue weighted by atomic mass is 10.0. The smallest absolute Gasteiger partial charge is 0.227 e. The Morgan fingerprint density at radius 2 is 2.10 bits per heavy atom. The molecule has 1 amide bonds. The van der Waals surface area contributed by atoms with Gasteiger partial charge in [0.05, 0.1) is 24.3 Å². The Kier molecular flexibility index (Phi) is 6.23. The predicted molar refractivity (Wildman–Crippen MR) is 79.4 cm³/mol.